The first-order valence-corrected chi connectivity index (χ1v) is 8.70. The van der Waals surface area contributed by atoms with Gasteiger partial charge < -0.3 is 19.4 Å². The Hall–Kier alpha value is -2.71. The molecule has 7 nitrogen and oxygen atoms in total. The third-order valence-electron chi connectivity index (χ3n) is 4.31. The molecular weight excluding hydrogens is 353 g/mol. The van der Waals surface area contributed by atoms with E-state index in [-0.39, 0.29) is 24.2 Å². The van der Waals surface area contributed by atoms with E-state index < -0.39 is 0 Å². The largest absolute Gasteiger partial charge is 0.453 e. The summed E-state index contributed by atoms with van der Waals surface area (Å²) in [5, 5.41) is 2.74. The first-order chi connectivity index (χ1) is 13.0. The zero-order chi connectivity index (χ0) is 19.2. The molecule has 0 aliphatic carbocycles. The second kappa shape index (κ2) is 8.79. The molecule has 2 heterocycles. The van der Waals surface area contributed by atoms with Crippen molar-refractivity contribution in [3.05, 3.63) is 53.7 Å². The van der Waals surface area contributed by atoms with Crippen molar-refractivity contribution < 1.29 is 23.1 Å². The molecule has 1 aliphatic heterocycles. The number of halogens is 1. The fourth-order valence-corrected chi connectivity index (χ4v) is 2.91. The van der Waals surface area contributed by atoms with Gasteiger partial charge in [0, 0.05) is 39.0 Å². The van der Waals surface area contributed by atoms with Gasteiger partial charge in [0.1, 0.15) is 18.2 Å². The fourth-order valence-electron chi connectivity index (χ4n) is 2.91. The van der Waals surface area contributed by atoms with Crippen LogP contribution in [0.3, 0.4) is 0 Å². The van der Waals surface area contributed by atoms with Gasteiger partial charge in [-0.05, 0) is 36.4 Å². The lowest BCUT2D eigenvalue weighted by molar-refractivity contribution is -0.117. The summed E-state index contributed by atoms with van der Waals surface area (Å²) in [6.07, 6.45) is 0. The van der Waals surface area contributed by atoms with E-state index in [2.05, 4.69) is 5.32 Å². The third kappa shape index (κ3) is 5.15. The number of carbonyl (C=O) groups is 2. The number of carbonyl (C=O) groups excluding carboxylic acids is 2. The van der Waals surface area contributed by atoms with E-state index in [1.807, 2.05) is 4.90 Å². The van der Waals surface area contributed by atoms with Crippen LogP contribution in [0.1, 0.15) is 16.3 Å². The molecule has 0 saturated carbocycles. The number of amides is 2. The van der Waals surface area contributed by atoms with Gasteiger partial charge in [-0.25, -0.2) is 4.39 Å². The van der Waals surface area contributed by atoms with Gasteiger partial charge >= 0.3 is 0 Å². The van der Waals surface area contributed by atoms with Gasteiger partial charge in [-0.15, -0.1) is 0 Å². The van der Waals surface area contributed by atoms with Crippen LogP contribution in [0.5, 0.6) is 0 Å². The van der Waals surface area contributed by atoms with E-state index in [9.17, 15) is 14.0 Å². The summed E-state index contributed by atoms with van der Waals surface area (Å²) < 4.78 is 23.4. The summed E-state index contributed by atoms with van der Waals surface area (Å²) in [4.78, 5) is 28.3. The minimum Gasteiger partial charge on any atom is -0.453 e. The van der Waals surface area contributed by atoms with E-state index >= 15 is 0 Å². The average Bonchev–Trinajstić information content (AvgIpc) is 3.13. The molecule has 2 aromatic rings. The summed E-state index contributed by atoms with van der Waals surface area (Å²) >= 11 is 0. The summed E-state index contributed by atoms with van der Waals surface area (Å²) in [6, 6.07) is 9.02. The molecule has 1 aromatic heterocycles. The highest BCUT2D eigenvalue weighted by Gasteiger charge is 2.25. The molecule has 1 N–H and O–H groups in total. The van der Waals surface area contributed by atoms with E-state index in [0.29, 0.717) is 50.0 Å². The van der Waals surface area contributed by atoms with Crippen LogP contribution in [0, 0.1) is 5.82 Å². The fraction of sp³-hybridized carbons (Fsp3) is 0.368. The Labute approximate surface area is 156 Å². The second-order valence-corrected chi connectivity index (χ2v) is 6.32. The van der Waals surface area contributed by atoms with Crippen LogP contribution in [-0.4, -0.2) is 61.4 Å². The molecule has 0 unspecified atom stereocenters. The highest BCUT2D eigenvalue weighted by Crippen LogP contribution is 2.14. The molecule has 1 saturated heterocycles. The highest BCUT2D eigenvalue weighted by molar-refractivity contribution is 5.92. The number of anilines is 1. The molecule has 1 aliphatic rings. The van der Waals surface area contributed by atoms with Gasteiger partial charge in [-0.2, -0.15) is 0 Å². The first-order valence-electron chi connectivity index (χ1n) is 8.70. The van der Waals surface area contributed by atoms with E-state index in [4.69, 9.17) is 9.15 Å². The number of hydrogen-bond acceptors (Lipinski definition) is 5. The topological polar surface area (TPSA) is 75.0 Å². The highest BCUT2D eigenvalue weighted by atomic mass is 19.1. The summed E-state index contributed by atoms with van der Waals surface area (Å²) in [5.74, 6) is 0.227. The molecule has 0 atom stereocenters. The van der Waals surface area contributed by atoms with Gasteiger partial charge in [0.25, 0.3) is 5.91 Å². The van der Waals surface area contributed by atoms with Crippen molar-refractivity contribution in [2.24, 2.45) is 0 Å². The van der Waals surface area contributed by atoms with Crippen LogP contribution in [0.2, 0.25) is 0 Å². The molecule has 2 amide bonds. The number of methoxy groups -OCH3 is 1. The molecule has 8 heteroatoms. The molecule has 3 rings (SSSR count). The Kier molecular flexibility index (Phi) is 6.20. The van der Waals surface area contributed by atoms with Crippen LogP contribution in [0.25, 0.3) is 0 Å². The van der Waals surface area contributed by atoms with E-state index in [1.54, 1.807) is 24.1 Å². The number of benzene rings is 1. The smallest absolute Gasteiger partial charge is 0.289 e. The zero-order valence-corrected chi connectivity index (χ0v) is 15.1. The molecule has 0 radical (unpaired) electrons. The zero-order valence-electron chi connectivity index (χ0n) is 15.1. The maximum atomic E-state index is 12.9. The number of rotatable bonds is 6. The van der Waals surface area contributed by atoms with E-state index in [1.165, 1.54) is 24.3 Å². The van der Waals surface area contributed by atoms with Crippen LogP contribution in [-0.2, 0) is 16.1 Å². The number of furan rings is 1. The van der Waals surface area contributed by atoms with Gasteiger partial charge in [-0.3, -0.25) is 14.5 Å². The SMILES string of the molecule is COCc1ccc(C(=O)N2CCN(CC(=O)Nc3ccc(F)cc3)CC2)o1. The predicted molar refractivity (Wildman–Crippen MR) is 96.8 cm³/mol. The molecule has 144 valence electrons. The second-order valence-electron chi connectivity index (χ2n) is 6.32. The molecular formula is C19H22FN3O4. The van der Waals surface area contributed by atoms with Crippen molar-refractivity contribution in [2.45, 2.75) is 6.61 Å². The minimum absolute atomic E-state index is 0.159. The van der Waals surface area contributed by atoms with Crippen molar-refractivity contribution in [3.8, 4) is 0 Å². The van der Waals surface area contributed by atoms with Crippen LogP contribution < -0.4 is 5.32 Å². The molecule has 1 fully saturated rings. The van der Waals surface area contributed by atoms with E-state index in [0.717, 1.165) is 0 Å². The Morgan fingerprint density at radius 1 is 1.11 bits per heavy atom. The molecule has 0 spiro atoms. The van der Waals surface area contributed by atoms with Gasteiger partial charge in [0.15, 0.2) is 5.76 Å². The van der Waals surface area contributed by atoms with Crippen LogP contribution >= 0.6 is 0 Å². The first kappa shape index (κ1) is 19.1. The van der Waals surface area contributed by atoms with Crippen molar-refractivity contribution in [2.75, 3.05) is 45.2 Å². The maximum absolute atomic E-state index is 12.9. The van der Waals surface area contributed by atoms with Crippen molar-refractivity contribution in [1.29, 1.82) is 0 Å². The lowest BCUT2D eigenvalue weighted by atomic mass is 10.2. The molecule has 0 bridgehead atoms. The number of nitrogens with one attached hydrogen (secondary N) is 1. The summed E-state index contributed by atoms with van der Waals surface area (Å²) in [7, 11) is 1.56. The summed E-state index contributed by atoms with van der Waals surface area (Å²) in [5.41, 5.74) is 0.555. The summed E-state index contributed by atoms with van der Waals surface area (Å²) in [6.45, 7) is 2.76. The van der Waals surface area contributed by atoms with Crippen molar-refractivity contribution in [1.82, 2.24) is 9.80 Å². The third-order valence-corrected chi connectivity index (χ3v) is 4.31. The number of ether oxygens (including phenoxy) is 1. The van der Waals surface area contributed by atoms with Crippen LogP contribution in [0.15, 0.2) is 40.8 Å². The number of hydrogen-bond donors (Lipinski definition) is 1. The Balaban J connectivity index is 1.45. The Morgan fingerprint density at radius 2 is 1.81 bits per heavy atom. The van der Waals surface area contributed by atoms with Gasteiger partial charge in [0.05, 0.1) is 6.54 Å². The lowest BCUT2D eigenvalue weighted by Crippen LogP contribution is -2.50. The standard InChI is InChI=1S/C19H22FN3O4/c1-26-13-16-6-7-17(27-16)19(25)23-10-8-22(9-11-23)12-18(24)21-15-4-2-14(20)3-5-15/h2-7H,8-13H2,1H3,(H,21,24). The molecule has 1 aromatic carbocycles. The van der Waals surface area contributed by atoms with Crippen molar-refractivity contribution >= 4 is 17.5 Å². The van der Waals surface area contributed by atoms with Gasteiger partial charge in [0.2, 0.25) is 5.91 Å². The number of piperazine rings is 1. The Morgan fingerprint density at radius 3 is 2.48 bits per heavy atom. The Bertz CT molecular complexity index is 783. The average molecular weight is 375 g/mol. The molecule has 27 heavy (non-hydrogen) atoms. The van der Waals surface area contributed by atoms with Crippen LogP contribution in [0.4, 0.5) is 10.1 Å². The monoisotopic (exact) mass is 375 g/mol. The normalized spacial score (nSPS) is 15.0. The maximum Gasteiger partial charge on any atom is 0.289 e. The lowest BCUT2D eigenvalue weighted by Gasteiger charge is -2.33. The van der Waals surface area contributed by atoms with Crippen molar-refractivity contribution in [3.63, 3.8) is 0 Å². The number of nitrogens with zero attached hydrogens (tertiary/aromatic N) is 2. The predicted octanol–water partition coefficient (Wildman–Crippen LogP) is 1.96. The minimum atomic E-state index is -0.348. The van der Waals surface area contributed by atoms with Gasteiger partial charge in [-0.1, -0.05) is 0 Å². The quantitative estimate of drug-likeness (QED) is 0.836.